The van der Waals surface area contributed by atoms with Gasteiger partial charge in [-0.25, -0.2) is 9.59 Å². The second-order valence-electron chi connectivity index (χ2n) is 8.80. The van der Waals surface area contributed by atoms with Crippen LogP contribution in [-0.4, -0.2) is 24.2 Å². The summed E-state index contributed by atoms with van der Waals surface area (Å²) < 4.78 is 16.1. The third kappa shape index (κ3) is 6.14. The molecule has 5 aromatic carbocycles. The Labute approximate surface area is 236 Å². The maximum absolute atomic E-state index is 12.7. The Balaban J connectivity index is 1.21. The largest absolute Gasteiger partial charge is 0.508 e. The van der Waals surface area contributed by atoms with Crippen molar-refractivity contribution in [2.45, 2.75) is 0 Å². The summed E-state index contributed by atoms with van der Waals surface area (Å²) in [6, 6.07) is 32.7. The maximum Gasteiger partial charge on any atom is 0.343 e. The molecule has 1 N–H and O–H groups in total. The van der Waals surface area contributed by atoms with E-state index in [1.165, 1.54) is 18.2 Å². The van der Waals surface area contributed by atoms with E-state index in [9.17, 15) is 14.7 Å². The molecule has 40 heavy (non-hydrogen) atoms. The summed E-state index contributed by atoms with van der Waals surface area (Å²) in [6.45, 7) is 0. The van der Waals surface area contributed by atoms with Gasteiger partial charge in [-0.05, 0) is 82.9 Å². The second kappa shape index (κ2) is 11.8. The SMILES string of the molecule is COc1ccc(-c2ccc(C(=O)Oc3ccc(OC(=O)c4ccc(-c5ccc(O)cc5)cc4)c(Cl)c3)cc2)cc1. The predicted molar refractivity (Wildman–Crippen MR) is 153 cm³/mol. The van der Waals surface area contributed by atoms with Gasteiger partial charge < -0.3 is 19.3 Å². The molecule has 0 aliphatic heterocycles. The van der Waals surface area contributed by atoms with E-state index >= 15 is 0 Å². The van der Waals surface area contributed by atoms with E-state index in [-0.39, 0.29) is 22.3 Å². The number of ether oxygens (including phenoxy) is 3. The zero-order valence-electron chi connectivity index (χ0n) is 21.3. The number of phenolic OH excluding ortho intramolecular Hbond substituents is 1. The van der Waals surface area contributed by atoms with Gasteiger partial charge in [0.05, 0.1) is 23.3 Å². The number of benzene rings is 5. The number of carbonyl (C=O) groups is 2. The van der Waals surface area contributed by atoms with Crippen LogP contribution in [-0.2, 0) is 0 Å². The minimum atomic E-state index is -0.583. The van der Waals surface area contributed by atoms with E-state index in [1.54, 1.807) is 67.8 Å². The highest BCUT2D eigenvalue weighted by Crippen LogP contribution is 2.31. The van der Waals surface area contributed by atoms with Gasteiger partial charge in [0.15, 0.2) is 0 Å². The monoisotopic (exact) mass is 550 g/mol. The highest BCUT2D eigenvalue weighted by Gasteiger charge is 2.15. The maximum atomic E-state index is 12.7. The van der Waals surface area contributed by atoms with Crippen LogP contribution < -0.4 is 14.2 Å². The molecule has 5 aromatic rings. The zero-order valence-corrected chi connectivity index (χ0v) is 22.1. The third-order valence-corrected chi connectivity index (χ3v) is 6.48. The molecule has 0 aromatic heterocycles. The lowest BCUT2D eigenvalue weighted by Gasteiger charge is -2.10. The fourth-order valence-corrected chi connectivity index (χ4v) is 4.20. The van der Waals surface area contributed by atoms with Crippen molar-refractivity contribution in [1.29, 1.82) is 0 Å². The summed E-state index contributed by atoms with van der Waals surface area (Å²) in [7, 11) is 1.61. The molecule has 0 saturated heterocycles. The highest BCUT2D eigenvalue weighted by atomic mass is 35.5. The van der Waals surface area contributed by atoms with E-state index in [2.05, 4.69) is 0 Å². The Morgan fingerprint density at radius 1 is 0.575 bits per heavy atom. The van der Waals surface area contributed by atoms with Gasteiger partial charge in [-0.15, -0.1) is 0 Å². The van der Waals surface area contributed by atoms with Crippen LogP contribution in [0.15, 0.2) is 115 Å². The van der Waals surface area contributed by atoms with Gasteiger partial charge in [-0.1, -0.05) is 60.1 Å². The van der Waals surface area contributed by atoms with E-state index in [1.807, 2.05) is 36.4 Å². The quantitative estimate of drug-likeness (QED) is 0.164. The topological polar surface area (TPSA) is 82.1 Å². The van der Waals surface area contributed by atoms with E-state index in [0.29, 0.717) is 11.1 Å². The van der Waals surface area contributed by atoms with E-state index in [4.69, 9.17) is 25.8 Å². The first-order chi connectivity index (χ1) is 19.4. The average molecular weight is 551 g/mol. The van der Waals surface area contributed by atoms with Gasteiger partial charge in [-0.2, -0.15) is 0 Å². The summed E-state index contributed by atoms with van der Waals surface area (Å²) in [5.74, 6) is 0.173. The van der Waals surface area contributed by atoms with Gasteiger partial charge in [0, 0.05) is 6.07 Å². The molecular weight excluding hydrogens is 528 g/mol. The Morgan fingerprint density at radius 3 is 1.48 bits per heavy atom. The Hall–Kier alpha value is -5.07. The lowest BCUT2D eigenvalue weighted by Crippen LogP contribution is -2.10. The van der Waals surface area contributed by atoms with Crippen molar-refractivity contribution in [2.75, 3.05) is 7.11 Å². The first kappa shape index (κ1) is 26.5. The molecule has 0 aliphatic rings. The molecule has 0 bridgehead atoms. The number of hydrogen-bond donors (Lipinski definition) is 1. The summed E-state index contributed by atoms with van der Waals surface area (Å²) in [4.78, 5) is 25.3. The van der Waals surface area contributed by atoms with Gasteiger partial charge in [-0.3, -0.25) is 0 Å². The van der Waals surface area contributed by atoms with Crippen molar-refractivity contribution in [3.05, 3.63) is 131 Å². The molecule has 0 amide bonds. The normalized spacial score (nSPS) is 10.6. The first-order valence-corrected chi connectivity index (χ1v) is 12.7. The standard InChI is InChI=1S/C33H23ClO6/c1-38-28-16-12-24(13-17-28)22-2-6-25(7-3-22)32(36)39-29-18-19-31(30(34)20-29)40-33(37)26-8-4-21(5-9-26)23-10-14-27(35)15-11-23/h2-20,35H,1H3. The van der Waals surface area contributed by atoms with Gasteiger partial charge in [0.25, 0.3) is 0 Å². The van der Waals surface area contributed by atoms with Crippen molar-refractivity contribution in [3.63, 3.8) is 0 Å². The van der Waals surface area contributed by atoms with Crippen LogP contribution in [0.2, 0.25) is 5.02 Å². The van der Waals surface area contributed by atoms with E-state index in [0.717, 1.165) is 28.0 Å². The summed E-state index contributed by atoms with van der Waals surface area (Å²) in [5.41, 5.74) is 4.44. The van der Waals surface area contributed by atoms with Crippen LogP contribution in [0.3, 0.4) is 0 Å². The Kier molecular flexibility index (Phi) is 7.80. The smallest absolute Gasteiger partial charge is 0.343 e. The van der Waals surface area contributed by atoms with Crippen LogP contribution in [0.5, 0.6) is 23.0 Å². The van der Waals surface area contributed by atoms with E-state index < -0.39 is 11.9 Å². The molecule has 0 spiro atoms. The lowest BCUT2D eigenvalue weighted by molar-refractivity contribution is 0.0719. The number of aromatic hydroxyl groups is 1. The summed E-state index contributed by atoms with van der Waals surface area (Å²) in [5, 5.41) is 9.57. The van der Waals surface area contributed by atoms with Crippen LogP contribution in [0, 0.1) is 0 Å². The predicted octanol–water partition coefficient (Wildman–Crippen LogP) is 7.83. The van der Waals surface area contributed by atoms with Crippen molar-refractivity contribution >= 4 is 23.5 Å². The number of rotatable bonds is 7. The fourth-order valence-electron chi connectivity index (χ4n) is 3.99. The highest BCUT2D eigenvalue weighted by molar-refractivity contribution is 6.32. The van der Waals surface area contributed by atoms with Crippen LogP contribution in [0.1, 0.15) is 20.7 Å². The zero-order chi connectivity index (χ0) is 28.1. The van der Waals surface area contributed by atoms with Crippen molar-refractivity contribution in [1.82, 2.24) is 0 Å². The average Bonchev–Trinajstić information content (AvgIpc) is 2.99. The minimum absolute atomic E-state index is 0.120. The molecule has 7 heteroatoms. The Morgan fingerprint density at radius 2 is 1.00 bits per heavy atom. The lowest BCUT2D eigenvalue weighted by atomic mass is 10.0. The molecule has 0 radical (unpaired) electrons. The molecule has 0 atom stereocenters. The number of esters is 2. The Bertz CT molecular complexity index is 1640. The van der Waals surface area contributed by atoms with Crippen molar-refractivity contribution in [2.24, 2.45) is 0 Å². The first-order valence-electron chi connectivity index (χ1n) is 12.3. The van der Waals surface area contributed by atoms with Crippen LogP contribution in [0.4, 0.5) is 0 Å². The molecule has 0 aliphatic carbocycles. The fraction of sp³-hybridized carbons (Fsp3) is 0.0303. The van der Waals surface area contributed by atoms with Crippen molar-refractivity contribution in [3.8, 4) is 45.3 Å². The number of hydrogen-bond acceptors (Lipinski definition) is 6. The summed E-state index contributed by atoms with van der Waals surface area (Å²) >= 11 is 6.32. The van der Waals surface area contributed by atoms with Gasteiger partial charge in [0.1, 0.15) is 23.0 Å². The minimum Gasteiger partial charge on any atom is -0.508 e. The molecule has 0 fully saturated rings. The number of phenols is 1. The van der Waals surface area contributed by atoms with Crippen LogP contribution >= 0.6 is 11.6 Å². The number of carbonyl (C=O) groups excluding carboxylic acids is 2. The van der Waals surface area contributed by atoms with Gasteiger partial charge in [0.2, 0.25) is 0 Å². The summed E-state index contributed by atoms with van der Waals surface area (Å²) in [6.07, 6.45) is 0. The molecule has 0 saturated carbocycles. The molecule has 0 heterocycles. The molecule has 5 rings (SSSR count). The number of methoxy groups -OCH3 is 1. The molecule has 0 unspecified atom stereocenters. The molecule has 198 valence electrons. The third-order valence-electron chi connectivity index (χ3n) is 6.18. The van der Waals surface area contributed by atoms with Crippen LogP contribution in [0.25, 0.3) is 22.3 Å². The molecule has 6 nitrogen and oxygen atoms in total. The number of halogens is 1. The van der Waals surface area contributed by atoms with Crippen molar-refractivity contribution < 1.29 is 28.9 Å². The van der Waals surface area contributed by atoms with Gasteiger partial charge >= 0.3 is 11.9 Å². The molecular formula is C33H23ClO6. The second-order valence-corrected chi connectivity index (χ2v) is 9.21.